The molecule has 0 radical (unpaired) electrons. The Morgan fingerprint density at radius 2 is 1.76 bits per heavy atom. The molecule has 2 aromatic rings. The van der Waals surface area contributed by atoms with Gasteiger partial charge in [0.15, 0.2) is 0 Å². The molecule has 180 valence electrons. The van der Waals surface area contributed by atoms with Crippen LogP contribution in [0.15, 0.2) is 48.5 Å². The minimum Gasteiger partial charge on any atom is -0.481 e. The molecule has 0 aromatic heterocycles. The van der Waals surface area contributed by atoms with Crippen LogP contribution in [0.3, 0.4) is 0 Å². The highest BCUT2D eigenvalue weighted by atomic mass is 16.5. The van der Waals surface area contributed by atoms with Crippen LogP contribution in [0.25, 0.3) is 0 Å². The topological polar surface area (TPSA) is 78.8 Å². The van der Waals surface area contributed by atoms with E-state index in [2.05, 4.69) is 43.4 Å². The number of aliphatic hydroxyl groups is 1. The third-order valence-corrected chi connectivity index (χ3v) is 6.62. The van der Waals surface area contributed by atoms with Gasteiger partial charge in [0.2, 0.25) is 0 Å². The summed E-state index contributed by atoms with van der Waals surface area (Å²) in [7, 11) is 0. The fourth-order valence-electron chi connectivity index (χ4n) is 4.97. The molecule has 3 N–H and O–H groups in total. The molecule has 1 unspecified atom stereocenters. The predicted molar refractivity (Wildman–Crippen MR) is 131 cm³/mol. The summed E-state index contributed by atoms with van der Waals surface area (Å²) >= 11 is 0. The van der Waals surface area contributed by atoms with Crippen molar-refractivity contribution in [2.45, 2.75) is 77.0 Å². The highest BCUT2D eigenvalue weighted by Gasteiger charge is 2.28. The highest BCUT2D eigenvalue weighted by Crippen LogP contribution is 2.32. The minimum absolute atomic E-state index is 0.0595. The molecule has 1 aliphatic rings. The van der Waals surface area contributed by atoms with Gasteiger partial charge in [0.1, 0.15) is 0 Å². The van der Waals surface area contributed by atoms with E-state index in [1.54, 1.807) is 0 Å². The third-order valence-electron chi connectivity index (χ3n) is 6.62. The lowest BCUT2D eigenvalue weighted by atomic mass is 9.88. The van der Waals surface area contributed by atoms with Crippen LogP contribution < -0.4 is 5.32 Å². The zero-order valence-electron chi connectivity index (χ0n) is 20.2. The van der Waals surface area contributed by atoms with Gasteiger partial charge < -0.3 is 20.3 Å². The monoisotopic (exact) mass is 453 g/mol. The van der Waals surface area contributed by atoms with Crippen molar-refractivity contribution in [2.24, 2.45) is 5.92 Å². The minimum atomic E-state index is -0.771. The fourth-order valence-corrected chi connectivity index (χ4v) is 4.97. The van der Waals surface area contributed by atoms with E-state index in [1.165, 1.54) is 11.1 Å². The first-order valence-electron chi connectivity index (χ1n) is 12.1. The number of nitrogens with one attached hydrogen (secondary N) is 1. The smallest absolute Gasteiger partial charge is 0.303 e. The average molecular weight is 454 g/mol. The molecule has 1 aliphatic carbocycles. The summed E-state index contributed by atoms with van der Waals surface area (Å²) in [6, 6.07) is 16.7. The summed E-state index contributed by atoms with van der Waals surface area (Å²) < 4.78 is 5.99. The van der Waals surface area contributed by atoms with E-state index >= 15 is 0 Å². The number of carboxylic acid groups (broad SMARTS) is 1. The van der Waals surface area contributed by atoms with Crippen LogP contribution in [-0.2, 0) is 28.8 Å². The Hall–Kier alpha value is -2.21. The van der Waals surface area contributed by atoms with Gasteiger partial charge in [-0.3, -0.25) is 4.79 Å². The normalized spacial score (nSPS) is 15.9. The largest absolute Gasteiger partial charge is 0.481 e. The molecule has 0 spiro atoms. The lowest BCUT2D eigenvalue weighted by molar-refractivity contribution is -0.137. The maximum Gasteiger partial charge on any atom is 0.303 e. The van der Waals surface area contributed by atoms with Crippen molar-refractivity contribution in [3.8, 4) is 0 Å². The fraction of sp³-hybridized carbons (Fsp3) is 0.536. The Labute approximate surface area is 198 Å². The lowest BCUT2D eigenvalue weighted by Gasteiger charge is -2.31. The summed E-state index contributed by atoms with van der Waals surface area (Å²) in [6.07, 6.45) is 4.06. The first-order valence-corrected chi connectivity index (χ1v) is 12.1. The van der Waals surface area contributed by atoms with Crippen LogP contribution in [0.5, 0.6) is 0 Å². The molecule has 0 amide bonds. The molecule has 0 saturated carbocycles. The third kappa shape index (κ3) is 7.95. The molecule has 2 atom stereocenters. The van der Waals surface area contributed by atoms with Crippen LogP contribution in [0.4, 0.5) is 0 Å². The Balaban J connectivity index is 1.42. The second-order valence-electron chi connectivity index (χ2n) is 10.1. The second-order valence-corrected chi connectivity index (χ2v) is 10.1. The van der Waals surface area contributed by atoms with Gasteiger partial charge in [0.05, 0.1) is 18.8 Å². The maximum absolute atomic E-state index is 10.8. The summed E-state index contributed by atoms with van der Waals surface area (Å²) in [5.74, 6) is -0.135. The van der Waals surface area contributed by atoms with Gasteiger partial charge in [-0.2, -0.15) is 0 Å². The number of carbonyl (C=O) groups is 1. The summed E-state index contributed by atoms with van der Waals surface area (Å²) in [5, 5.41) is 23.0. The van der Waals surface area contributed by atoms with E-state index < -0.39 is 12.1 Å². The molecule has 0 aliphatic heterocycles. The number of ether oxygens (including phenoxy) is 1. The van der Waals surface area contributed by atoms with Gasteiger partial charge >= 0.3 is 5.97 Å². The molecule has 0 heterocycles. The van der Waals surface area contributed by atoms with Crippen molar-refractivity contribution in [3.63, 3.8) is 0 Å². The van der Waals surface area contributed by atoms with Gasteiger partial charge in [-0.15, -0.1) is 0 Å². The van der Waals surface area contributed by atoms with Gasteiger partial charge in [-0.05, 0) is 81.0 Å². The van der Waals surface area contributed by atoms with Crippen molar-refractivity contribution >= 4 is 5.97 Å². The van der Waals surface area contributed by atoms with E-state index in [4.69, 9.17) is 9.84 Å². The van der Waals surface area contributed by atoms with Crippen LogP contribution in [-0.4, -0.2) is 41.0 Å². The van der Waals surface area contributed by atoms with Crippen molar-refractivity contribution in [1.82, 2.24) is 5.32 Å². The molecular weight excluding hydrogens is 414 g/mol. The Kier molecular flexibility index (Phi) is 9.07. The molecule has 3 rings (SSSR count). The lowest BCUT2D eigenvalue weighted by Crippen LogP contribution is -2.45. The van der Waals surface area contributed by atoms with Gasteiger partial charge in [0, 0.05) is 18.5 Å². The van der Waals surface area contributed by atoms with E-state index in [-0.39, 0.29) is 24.7 Å². The number of aliphatic hydroxyl groups excluding tert-OH is 1. The number of aryl methyl sites for hydroxylation is 1. The number of carboxylic acids is 1. The quantitative estimate of drug-likeness (QED) is 0.410. The Morgan fingerprint density at radius 3 is 2.42 bits per heavy atom. The number of rotatable bonds is 13. The SMILES string of the molecule is C[C@@H](OCC(O)CNC(C)(C)CC1Cc2ccccc2C1)c1ccccc1CCCC(=O)O. The van der Waals surface area contributed by atoms with E-state index in [1.807, 2.05) is 31.2 Å². The Bertz CT molecular complexity index is 885. The first-order chi connectivity index (χ1) is 15.7. The second kappa shape index (κ2) is 11.8. The average Bonchev–Trinajstić information content (AvgIpc) is 3.17. The van der Waals surface area contributed by atoms with Crippen LogP contribution in [0, 0.1) is 5.92 Å². The number of β-amino-alcohol motifs (C(OH)–C–C–N with tert-alkyl or cyclic N) is 1. The molecule has 5 nitrogen and oxygen atoms in total. The van der Waals surface area contributed by atoms with Crippen molar-refractivity contribution < 1.29 is 19.7 Å². The van der Waals surface area contributed by atoms with Crippen molar-refractivity contribution in [3.05, 3.63) is 70.8 Å². The maximum atomic E-state index is 10.8. The van der Waals surface area contributed by atoms with Crippen molar-refractivity contribution in [1.29, 1.82) is 0 Å². The summed E-state index contributed by atoms with van der Waals surface area (Å²) in [5.41, 5.74) is 5.06. The molecule has 0 bridgehead atoms. The standard InChI is InChI=1S/C28H39NO4/c1-20(26-13-7-6-9-22(26)12-8-14-27(31)32)33-19-25(30)18-29-28(2,3)17-21-15-23-10-4-5-11-24(23)16-21/h4-7,9-11,13,20-21,25,29-30H,8,12,14-19H2,1-3H3,(H,31,32)/t20-,25?/m1/s1. The molecular formula is C28H39NO4. The number of hydrogen-bond donors (Lipinski definition) is 3. The van der Waals surface area contributed by atoms with Crippen LogP contribution in [0.1, 0.15) is 68.4 Å². The van der Waals surface area contributed by atoms with Crippen LogP contribution in [0.2, 0.25) is 0 Å². The zero-order valence-corrected chi connectivity index (χ0v) is 20.2. The summed E-state index contributed by atoms with van der Waals surface area (Å²) in [4.78, 5) is 10.8. The molecule has 2 aromatic carbocycles. The Morgan fingerprint density at radius 1 is 1.12 bits per heavy atom. The molecule has 33 heavy (non-hydrogen) atoms. The zero-order chi connectivity index (χ0) is 23.8. The molecule has 5 heteroatoms. The number of fused-ring (bicyclic) bond motifs is 1. The predicted octanol–water partition coefficient (Wildman–Crippen LogP) is 4.71. The van der Waals surface area contributed by atoms with Crippen molar-refractivity contribution in [2.75, 3.05) is 13.2 Å². The van der Waals surface area contributed by atoms with Gasteiger partial charge in [0.25, 0.3) is 0 Å². The van der Waals surface area contributed by atoms with Crippen LogP contribution >= 0.6 is 0 Å². The first kappa shape index (κ1) is 25.4. The molecule has 0 fully saturated rings. The summed E-state index contributed by atoms with van der Waals surface area (Å²) in [6.45, 7) is 7.14. The highest BCUT2D eigenvalue weighted by molar-refractivity contribution is 5.66. The number of hydrogen-bond acceptors (Lipinski definition) is 4. The molecule has 0 saturated heterocycles. The van der Waals surface area contributed by atoms with Gasteiger partial charge in [-0.1, -0.05) is 48.5 Å². The number of benzene rings is 2. The van der Waals surface area contributed by atoms with E-state index in [0.29, 0.717) is 25.3 Å². The number of aliphatic carboxylic acids is 1. The van der Waals surface area contributed by atoms with E-state index in [0.717, 1.165) is 30.4 Å². The van der Waals surface area contributed by atoms with E-state index in [9.17, 15) is 9.90 Å². The van der Waals surface area contributed by atoms with Gasteiger partial charge in [-0.25, -0.2) is 0 Å².